The van der Waals surface area contributed by atoms with Crippen molar-refractivity contribution in [3.63, 3.8) is 0 Å². The standard InChI is InChI=1S/C15H13BrN2O4/c1-22-14-5-3-10(16)6-12(14)15(21)18-17-8-9-2-4-11(19)7-13(9)20/h2-8,19-20H,1H3,(H,18,21)/b17-8+. The van der Waals surface area contributed by atoms with Crippen molar-refractivity contribution in [2.75, 3.05) is 7.11 Å². The fourth-order valence-corrected chi connectivity index (χ4v) is 2.08. The summed E-state index contributed by atoms with van der Waals surface area (Å²) in [5.74, 6) is -0.230. The van der Waals surface area contributed by atoms with Crippen molar-refractivity contribution < 1.29 is 19.7 Å². The third kappa shape index (κ3) is 3.76. The number of aromatic hydroxyl groups is 2. The molecule has 0 radical (unpaired) electrons. The summed E-state index contributed by atoms with van der Waals surface area (Å²) in [7, 11) is 1.47. The van der Waals surface area contributed by atoms with Crippen LogP contribution in [0.25, 0.3) is 0 Å². The van der Waals surface area contributed by atoms with Crippen molar-refractivity contribution in [3.8, 4) is 17.2 Å². The maximum Gasteiger partial charge on any atom is 0.275 e. The fourth-order valence-electron chi connectivity index (χ4n) is 1.72. The number of halogens is 1. The molecule has 0 aliphatic carbocycles. The summed E-state index contributed by atoms with van der Waals surface area (Å²) < 4.78 is 5.85. The highest BCUT2D eigenvalue weighted by atomic mass is 79.9. The Bertz CT molecular complexity index is 731. The monoisotopic (exact) mass is 364 g/mol. The van der Waals surface area contributed by atoms with E-state index in [4.69, 9.17) is 4.74 Å². The molecule has 0 aromatic heterocycles. The number of hydrogen-bond donors (Lipinski definition) is 3. The zero-order chi connectivity index (χ0) is 16.1. The van der Waals surface area contributed by atoms with Crippen molar-refractivity contribution >= 4 is 28.1 Å². The average molecular weight is 365 g/mol. The highest BCUT2D eigenvalue weighted by Crippen LogP contribution is 2.23. The van der Waals surface area contributed by atoms with E-state index in [1.165, 1.54) is 31.5 Å². The molecule has 6 nitrogen and oxygen atoms in total. The van der Waals surface area contributed by atoms with Crippen LogP contribution in [-0.2, 0) is 0 Å². The number of methoxy groups -OCH3 is 1. The van der Waals surface area contributed by atoms with Gasteiger partial charge < -0.3 is 14.9 Å². The summed E-state index contributed by atoms with van der Waals surface area (Å²) >= 11 is 3.28. The molecule has 2 rings (SSSR count). The van der Waals surface area contributed by atoms with Crippen LogP contribution in [0.5, 0.6) is 17.2 Å². The van der Waals surface area contributed by atoms with Crippen LogP contribution < -0.4 is 10.2 Å². The van der Waals surface area contributed by atoms with Crippen molar-refractivity contribution in [3.05, 3.63) is 52.0 Å². The number of ether oxygens (including phenoxy) is 1. The topological polar surface area (TPSA) is 91.2 Å². The first-order valence-electron chi connectivity index (χ1n) is 6.20. The van der Waals surface area contributed by atoms with Crippen LogP contribution in [-0.4, -0.2) is 29.4 Å². The minimum atomic E-state index is -0.451. The largest absolute Gasteiger partial charge is 0.508 e. The molecule has 22 heavy (non-hydrogen) atoms. The average Bonchev–Trinajstić information content (AvgIpc) is 2.49. The lowest BCUT2D eigenvalue weighted by molar-refractivity contribution is 0.0952. The molecule has 0 fully saturated rings. The van der Waals surface area contributed by atoms with Gasteiger partial charge in [0.15, 0.2) is 0 Å². The second-order valence-electron chi connectivity index (χ2n) is 4.29. The number of benzene rings is 2. The van der Waals surface area contributed by atoms with Gasteiger partial charge in [0.1, 0.15) is 17.2 Å². The van der Waals surface area contributed by atoms with Gasteiger partial charge in [-0.05, 0) is 30.3 Å². The van der Waals surface area contributed by atoms with E-state index in [2.05, 4.69) is 26.5 Å². The van der Waals surface area contributed by atoms with Gasteiger partial charge in [-0.3, -0.25) is 4.79 Å². The molecule has 0 bridgehead atoms. The van der Waals surface area contributed by atoms with Gasteiger partial charge in [0.25, 0.3) is 5.91 Å². The van der Waals surface area contributed by atoms with Gasteiger partial charge in [-0.15, -0.1) is 0 Å². The van der Waals surface area contributed by atoms with E-state index in [0.29, 0.717) is 16.9 Å². The zero-order valence-electron chi connectivity index (χ0n) is 11.6. The molecule has 0 atom stereocenters. The van der Waals surface area contributed by atoms with Crippen LogP contribution >= 0.6 is 15.9 Å². The number of nitrogens with zero attached hydrogens (tertiary/aromatic N) is 1. The Morgan fingerprint density at radius 2 is 2.05 bits per heavy atom. The summed E-state index contributed by atoms with van der Waals surface area (Å²) in [6, 6.07) is 9.09. The summed E-state index contributed by atoms with van der Waals surface area (Å²) in [4.78, 5) is 12.1. The number of rotatable bonds is 4. The summed E-state index contributed by atoms with van der Waals surface area (Å²) in [5.41, 5.74) is 3.03. The number of phenols is 2. The smallest absolute Gasteiger partial charge is 0.275 e. The first-order valence-corrected chi connectivity index (χ1v) is 6.99. The highest BCUT2D eigenvalue weighted by Gasteiger charge is 2.12. The number of carbonyl (C=O) groups excluding carboxylic acids is 1. The van der Waals surface area contributed by atoms with Gasteiger partial charge in [0, 0.05) is 16.1 Å². The molecule has 7 heteroatoms. The van der Waals surface area contributed by atoms with Crippen LogP contribution in [0, 0.1) is 0 Å². The molecule has 0 saturated carbocycles. The predicted molar refractivity (Wildman–Crippen MR) is 85.5 cm³/mol. The Morgan fingerprint density at radius 3 is 2.73 bits per heavy atom. The van der Waals surface area contributed by atoms with E-state index >= 15 is 0 Å². The van der Waals surface area contributed by atoms with E-state index in [1.54, 1.807) is 18.2 Å². The molecule has 0 aliphatic heterocycles. The Kier molecular flexibility index (Phi) is 5.00. The summed E-state index contributed by atoms with van der Waals surface area (Å²) in [5, 5.41) is 22.6. The van der Waals surface area contributed by atoms with Gasteiger partial charge in [-0.2, -0.15) is 5.10 Å². The number of hydrazone groups is 1. The third-order valence-electron chi connectivity index (χ3n) is 2.79. The quantitative estimate of drug-likeness (QED) is 0.574. The Morgan fingerprint density at radius 1 is 1.27 bits per heavy atom. The van der Waals surface area contributed by atoms with Crippen molar-refractivity contribution in [1.29, 1.82) is 0 Å². The maximum atomic E-state index is 12.1. The van der Waals surface area contributed by atoms with E-state index in [9.17, 15) is 15.0 Å². The Hall–Kier alpha value is -2.54. The Labute approximate surface area is 135 Å². The van der Waals surface area contributed by atoms with Gasteiger partial charge in [0.05, 0.1) is 18.9 Å². The zero-order valence-corrected chi connectivity index (χ0v) is 13.2. The molecule has 0 unspecified atom stereocenters. The van der Waals surface area contributed by atoms with Crippen molar-refractivity contribution in [2.24, 2.45) is 5.10 Å². The SMILES string of the molecule is COc1ccc(Br)cc1C(=O)N/N=C/c1ccc(O)cc1O. The van der Waals surface area contributed by atoms with Crippen LogP contribution in [0.2, 0.25) is 0 Å². The van der Waals surface area contributed by atoms with Crippen LogP contribution in [0.1, 0.15) is 15.9 Å². The molecule has 1 amide bonds. The summed E-state index contributed by atoms with van der Waals surface area (Å²) in [6.07, 6.45) is 1.27. The first-order chi connectivity index (χ1) is 10.5. The van der Waals surface area contributed by atoms with Crippen LogP contribution in [0.4, 0.5) is 0 Å². The van der Waals surface area contributed by atoms with Gasteiger partial charge in [0.2, 0.25) is 0 Å². The van der Waals surface area contributed by atoms with Crippen molar-refractivity contribution in [1.82, 2.24) is 5.43 Å². The molecule has 0 heterocycles. The molecular weight excluding hydrogens is 352 g/mol. The molecule has 2 aromatic carbocycles. The fraction of sp³-hybridized carbons (Fsp3) is 0.0667. The first kappa shape index (κ1) is 15.8. The van der Waals surface area contributed by atoms with E-state index in [-0.39, 0.29) is 11.5 Å². The number of carbonyl (C=O) groups is 1. The maximum absolute atomic E-state index is 12.1. The van der Waals surface area contributed by atoms with Gasteiger partial charge in [-0.25, -0.2) is 5.43 Å². The second-order valence-corrected chi connectivity index (χ2v) is 5.20. The lowest BCUT2D eigenvalue weighted by atomic mass is 10.2. The number of hydrogen-bond acceptors (Lipinski definition) is 5. The van der Waals surface area contributed by atoms with Crippen LogP contribution in [0.15, 0.2) is 46.0 Å². The highest BCUT2D eigenvalue weighted by molar-refractivity contribution is 9.10. The molecule has 0 saturated heterocycles. The minimum absolute atomic E-state index is 0.0578. The van der Waals surface area contributed by atoms with E-state index in [0.717, 1.165) is 4.47 Å². The molecule has 114 valence electrons. The number of amides is 1. The van der Waals surface area contributed by atoms with E-state index in [1.807, 2.05) is 0 Å². The lowest BCUT2D eigenvalue weighted by Gasteiger charge is -2.07. The molecule has 0 aliphatic rings. The van der Waals surface area contributed by atoms with Gasteiger partial charge >= 0.3 is 0 Å². The number of phenolic OH excluding ortho intramolecular Hbond substituents is 2. The van der Waals surface area contributed by atoms with Crippen LogP contribution in [0.3, 0.4) is 0 Å². The summed E-state index contributed by atoms with van der Waals surface area (Å²) in [6.45, 7) is 0. The molecular formula is C15H13BrN2O4. The second kappa shape index (κ2) is 6.95. The predicted octanol–water partition coefficient (Wildman–Crippen LogP) is 2.63. The number of nitrogens with one attached hydrogen (secondary N) is 1. The lowest BCUT2D eigenvalue weighted by Crippen LogP contribution is -2.18. The van der Waals surface area contributed by atoms with Crippen molar-refractivity contribution in [2.45, 2.75) is 0 Å². The Balaban J connectivity index is 2.13. The molecule has 3 N–H and O–H groups in total. The third-order valence-corrected chi connectivity index (χ3v) is 3.28. The minimum Gasteiger partial charge on any atom is -0.508 e. The van der Waals surface area contributed by atoms with E-state index < -0.39 is 5.91 Å². The normalized spacial score (nSPS) is 10.6. The molecule has 2 aromatic rings. The van der Waals surface area contributed by atoms with Gasteiger partial charge in [-0.1, -0.05) is 15.9 Å². The molecule has 0 spiro atoms.